The van der Waals surface area contributed by atoms with Gasteiger partial charge in [-0.25, -0.2) is 4.79 Å². The first-order chi connectivity index (χ1) is 18.3. The number of alkyl carbamates (subject to hydrolysis) is 1. The van der Waals surface area contributed by atoms with E-state index in [1.165, 1.54) is 7.05 Å². The van der Waals surface area contributed by atoms with Crippen molar-refractivity contribution in [3.05, 3.63) is 36.0 Å². The van der Waals surface area contributed by atoms with Crippen LogP contribution in [0.3, 0.4) is 0 Å². The smallest absolute Gasteiger partial charge is 0.407 e. The van der Waals surface area contributed by atoms with Gasteiger partial charge >= 0.3 is 12.1 Å². The Hall–Kier alpha value is -2.20. The molecule has 9 heteroatoms. The maximum absolute atomic E-state index is 12.6. The Bertz CT molecular complexity index is 897. The summed E-state index contributed by atoms with van der Waals surface area (Å²) in [6.45, 7) is 11.4. The van der Waals surface area contributed by atoms with Gasteiger partial charge in [0.1, 0.15) is 11.7 Å². The summed E-state index contributed by atoms with van der Waals surface area (Å²) in [5.74, 6) is -0.443. The molecule has 10 atom stereocenters. The summed E-state index contributed by atoms with van der Waals surface area (Å²) >= 11 is 0. The Labute approximate surface area is 233 Å². The summed E-state index contributed by atoms with van der Waals surface area (Å²) in [5.41, 5.74) is -0.630. The van der Waals surface area contributed by atoms with Crippen molar-refractivity contribution >= 4 is 12.1 Å². The van der Waals surface area contributed by atoms with Crippen molar-refractivity contribution in [3.8, 4) is 0 Å². The molecule has 0 aliphatic carbocycles. The molecule has 0 aromatic heterocycles. The number of nitrogens with one attached hydrogen (secondary N) is 1. The van der Waals surface area contributed by atoms with Crippen molar-refractivity contribution in [3.63, 3.8) is 0 Å². The second-order valence-corrected chi connectivity index (χ2v) is 11.5. The van der Waals surface area contributed by atoms with Gasteiger partial charge in [-0.1, -0.05) is 52.0 Å². The third-order valence-corrected chi connectivity index (χ3v) is 7.78. The minimum Gasteiger partial charge on any atom is -0.457 e. The molecule has 2 rings (SSSR count). The monoisotopic (exact) mass is 551 g/mol. The molecule has 2 aliphatic heterocycles. The standard InChI is InChI=1S/C30H49NO8/c1-8-23(33)21(5)28-24(37-28)16-18(2)10-9-11-19(3)27-20(4)12-13-25(38-29(35)31-7)30(6,36)15-14-22(32)17-26(34)39-27/h9-13,18,20-25,27-28,32-33,36H,8,14-17H2,1-7H3,(H,31,35)/b10-9+,13-12-,19-11+. The summed E-state index contributed by atoms with van der Waals surface area (Å²) < 4.78 is 17.0. The quantitative estimate of drug-likeness (QED) is 0.147. The Kier molecular flexibility index (Phi) is 12.7. The van der Waals surface area contributed by atoms with E-state index < -0.39 is 36.0 Å². The third kappa shape index (κ3) is 10.4. The first kappa shape index (κ1) is 33.0. The number of aliphatic hydroxyl groups excluding tert-OH is 2. The predicted molar refractivity (Wildman–Crippen MR) is 149 cm³/mol. The van der Waals surface area contributed by atoms with Crippen LogP contribution in [-0.2, 0) is 19.0 Å². The molecule has 9 nitrogen and oxygen atoms in total. The summed E-state index contributed by atoms with van der Waals surface area (Å²) in [6, 6.07) is 0. The molecule has 2 aliphatic rings. The number of carbonyl (C=O) groups is 2. The Morgan fingerprint density at radius 1 is 1.33 bits per heavy atom. The highest BCUT2D eigenvalue weighted by molar-refractivity contribution is 5.70. The van der Waals surface area contributed by atoms with Crippen LogP contribution in [0.4, 0.5) is 4.79 Å². The number of hydrogen-bond donors (Lipinski definition) is 4. The van der Waals surface area contributed by atoms with Crippen molar-refractivity contribution < 1.29 is 39.1 Å². The van der Waals surface area contributed by atoms with Crippen LogP contribution in [-0.4, -0.2) is 76.7 Å². The summed E-state index contributed by atoms with van der Waals surface area (Å²) in [7, 11) is 1.44. The molecule has 4 N–H and O–H groups in total. The molecule has 1 amide bonds. The summed E-state index contributed by atoms with van der Waals surface area (Å²) in [5, 5.41) is 33.8. The Balaban J connectivity index is 2.14. The summed E-state index contributed by atoms with van der Waals surface area (Å²) in [6.07, 6.45) is 7.62. The first-order valence-electron chi connectivity index (χ1n) is 14.1. The molecular formula is C30H49NO8. The number of ether oxygens (including phenoxy) is 3. The van der Waals surface area contributed by atoms with E-state index in [-0.39, 0.29) is 55.3 Å². The van der Waals surface area contributed by atoms with Gasteiger partial charge in [-0.2, -0.15) is 0 Å². The van der Waals surface area contributed by atoms with Gasteiger partial charge in [0.05, 0.1) is 30.8 Å². The number of epoxide rings is 1. The molecule has 0 bridgehead atoms. The number of cyclic esters (lactones) is 1. The van der Waals surface area contributed by atoms with Gasteiger partial charge in [-0.3, -0.25) is 4.79 Å². The molecule has 0 aromatic rings. The summed E-state index contributed by atoms with van der Waals surface area (Å²) in [4.78, 5) is 24.5. The number of aliphatic hydroxyl groups is 3. The van der Waals surface area contributed by atoms with E-state index in [2.05, 4.69) is 18.3 Å². The van der Waals surface area contributed by atoms with Crippen LogP contribution < -0.4 is 5.32 Å². The number of carbonyl (C=O) groups excluding carboxylic acids is 2. The van der Waals surface area contributed by atoms with E-state index in [1.807, 2.05) is 39.8 Å². The highest BCUT2D eigenvalue weighted by Crippen LogP contribution is 2.36. The van der Waals surface area contributed by atoms with E-state index in [4.69, 9.17) is 14.2 Å². The lowest BCUT2D eigenvalue weighted by Gasteiger charge is -2.32. The average molecular weight is 552 g/mol. The van der Waals surface area contributed by atoms with Gasteiger partial charge in [0, 0.05) is 18.9 Å². The van der Waals surface area contributed by atoms with E-state index in [9.17, 15) is 24.9 Å². The minimum atomic E-state index is -1.44. The highest BCUT2D eigenvalue weighted by Gasteiger charge is 2.45. The largest absolute Gasteiger partial charge is 0.457 e. The van der Waals surface area contributed by atoms with Crippen LogP contribution in [0.25, 0.3) is 0 Å². The van der Waals surface area contributed by atoms with Crippen molar-refractivity contribution in [2.75, 3.05) is 7.05 Å². The zero-order chi connectivity index (χ0) is 29.3. The number of hydrogen-bond acceptors (Lipinski definition) is 8. The zero-order valence-corrected chi connectivity index (χ0v) is 24.5. The van der Waals surface area contributed by atoms with E-state index in [0.29, 0.717) is 6.42 Å². The van der Waals surface area contributed by atoms with Crippen LogP contribution in [0, 0.1) is 17.8 Å². The van der Waals surface area contributed by atoms with Crippen molar-refractivity contribution in [1.29, 1.82) is 0 Å². The zero-order valence-electron chi connectivity index (χ0n) is 24.5. The topological polar surface area (TPSA) is 138 Å². The highest BCUT2D eigenvalue weighted by atomic mass is 16.6. The van der Waals surface area contributed by atoms with Crippen LogP contribution >= 0.6 is 0 Å². The fraction of sp³-hybridized carbons (Fsp3) is 0.733. The normalized spacial score (nSPS) is 35.6. The van der Waals surface area contributed by atoms with Crippen LogP contribution in [0.5, 0.6) is 0 Å². The second kappa shape index (κ2) is 15.0. The molecule has 0 aromatic carbocycles. The molecule has 0 saturated carbocycles. The molecule has 0 radical (unpaired) electrons. The lowest BCUT2D eigenvalue weighted by Crippen LogP contribution is -2.43. The van der Waals surface area contributed by atoms with Gasteiger partial charge in [0.25, 0.3) is 0 Å². The molecule has 39 heavy (non-hydrogen) atoms. The molecular weight excluding hydrogens is 502 g/mol. The van der Waals surface area contributed by atoms with Crippen molar-refractivity contribution in [1.82, 2.24) is 5.32 Å². The van der Waals surface area contributed by atoms with Crippen molar-refractivity contribution in [2.24, 2.45) is 17.8 Å². The molecule has 1 saturated heterocycles. The number of esters is 1. The molecule has 1 fully saturated rings. The van der Waals surface area contributed by atoms with E-state index in [0.717, 1.165) is 12.0 Å². The third-order valence-electron chi connectivity index (χ3n) is 7.78. The minimum absolute atomic E-state index is 0.101. The van der Waals surface area contributed by atoms with Gasteiger partial charge < -0.3 is 34.8 Å². The lowest BCUT2D eigenvalue weighted by atomic mass is 9.88. The van der Waals surface area contributed by atoms with Gasteiger partial charge in [0.15, 0.2) is 6.10 Å². The fourth-order valence-electron chi connectivity index (χ4n) is 4.96. The number of amides is 1. The molecule has 2 heterocycles. The molecule has 10 unspecified atom stereocenters. The first-order valence-corrected chi connectivity index (χ1v) is 14.1. The lowest BCUT2D eigenvalue weighted by molar-refractivity contribution is -0.151. The van der Waals surface area contributed by atoms with Crippen molar-refractivity contribution in [2.45, 2.75) is 116 Å². The Morgan fingerprint density at radius 2 is 2.03 bits per heavy atom. The maximum Gasteiger partial charge on any atom is 0.407 e. The average Bonchev–Trinajstić information content (AvgIpc) is 3.65. The second-order valence-electron chi connectivity index (χ2n) is 11.5. The predicted octanol–water partition coefficient (Wildman–Crippen LogP) is 3.81. The number of allylic oxidation sites excluding steroid dienone is 3. The SMILES string of the molecule is CCC(O)C(C)C1OC1CC(C)/C=C/C=C(\C)C1OC(=O)CC(O)CCC(C)(O)C(OC(=O)NC)/C=C\C1C. The van der Waals surface area contributed by atoms with Crippen LogP contribution in [0.2, 0.25) is 0 Å². The molecule has 222 valence electrons. The van der Waals surface area contributed by atoms with Gasteiger partial charge in [-0.05, 0) is 57.1 Å². The van der Waals surface area contributed by atoms with E-state index >= 15 is 0 Å². The van der Waals surface area contributed by atoms with Gasteiger partial charge in [0.2, 0.25) is 0 Å². The van der Waals surface area contributed by atoms with Crippen LogP contribution in [0.1, 0.15) is 73.6 Å². The van der Waals surface area contributed by atoms with E-state index in [1.54, 1.807) is 19.1 Å². The van der Waals surface area contributed by atoms with Gasteiger partial charge in [-0.15, -0.1) is 0 Å². The number of rotatable bonds is 9. The Morgan fingerprint density at radius 3 is 2.67 bits per heavy atom. The maximum atomic E-state index is 12.6. The fourth-order valence-corrected chi connectivity index (χ4v) is 4.96. The van der Waals surface area contributed by atoms with Crippen LogP contribution in [0.15, 0.2) is 36.0 Å². The molecule has 0 spiro atoms.